The average Bonchev–Trinajstić information content (AvgIpc) is 2.42. The zero-order valence-corrected chi connectivity index (χ0v) is 18.0. The van der Waals surface area contributed by atoms with E-state index in [2.05, 4.69) is 5.43 Å². The molecule has 0 fully saturated rings. The summed E-state index contributed by atoms with van der Waals surface area (Å²) >= 11 is 1.19. The molecule has 0 aliphatic heterocycles. The molecule has 0 heterocycles. The van der Waals surface area contributed by atoms with E-state index in [-0.39, 0.29) is 0 Å². The summed E-state index contributed by atoms with van der Waals surface area (Å²) in [6.45, 7) is 11.3. The number of hydrazine groups is 1. The van der Waals surface area contributed by atoms with E-state index in [9.17, 15) is 19.5 Å². The summed E-state index contributed by atoms with van der Waals surface area (Å²) in [5, 5.41) is 9.81. The molecule has 4 N–H and O–H groups in total. The van der Waals surface area contributed by atoms with Crippen molar-refractivity contribution in [1.29, 1.82) is 0 Å². The summed E-state index contributed by atoms with van der Waals surface area (Å²) in [7, 11) is 0. The van der Waals surface area contributed by atoms with Gasteiger partial charge in [0, 0.05) is 12.3 Å². The molecule has 2 amide bonds. The minimum Gasteiger partial charge on any atom is -0.443 e. The molecule has 0 bridgehead atoms. The molecule has 0 saturated carbocycles. The summed E-state index contributed by atoms with van der Waals surface area (Å²) in [6.07, 6.45) is -2.75. The Bertz CT molecular complexity index is 514. The predicted molar refractivity (Wildman–Crippen MR) is 104 cm³/mol. The van der Waals surface area contributed by atoms with Crippen LogP contribution in [0.15, 0.2) is 0 Å². The molecule has 0 radical (unpaired) electrons. The second-order valence-electron chi connectivity index (χ2n) is 7.97. The lowest BCUT2D eigenvalue weighted by Gasteiger charge is -2.29. The molecule has 9 nitrogen and oxygen atoms in total. The molecule has 0 spiro atoms. The van der Waals surface area contributed by atoms with E-state index < -0.39 is 47.1 Å². The lowest BCUT2D eigenvalue weighted by atomic mass is 10.2. The smallest absolute Gasteiger partial charge is 0.429 e. The number of nitrogens with zero attached hydrogens (tertiary/aromatic N) is 1. The van der Waals surface area contributed by atoms with Gasteiger partial charge >= 0.3 is 12.2 Å². The summed E-state index contributed by atoms with van der Waals surface area (Å²) in [5.41, 5.74) is 6.07. The minimum atomic E-state index is -0.948. The molecule has 2 unspecified atom stereocenters. The van der Waals surface area contributed by atoms with Gasteiger partial charge in [-0.25, -0.2) is 20.0 Å². The molecule has 0 saturated heterocycles. The normalized spacial score (nSPS) is 14.1. The third-order valence-corrected chi connectivity index (χ3v) is 4.21. The van der Waals surface area contributed by atoms with Crippen molar-refractivity contribution in [2.75, 3.05) is 18.8 Å². The van der Waals surface area contributed by atoms with Gasteiger partial charge in [-0.2, -0.15) is 0 Å². The summed E-state index contributed by atoms with van der Waals surface area (Å²) < 4.78 is 10.3. The molecule has 158 valence electrons. The van der Waals surface area contributed by atoms with Crippen molar-refractivity contribution in [3.05, 3.63) is 0 Å². The molecule has 0 aliphatic rings. The van der Waals surface area contributed by atoms with Gasteiger partial charge in [0.1, 0.15) is 17.7 Å². The van der Waals surface area contributed by atoms with Crippen molar-refractivity contribution >= 4 is 29.7 Å². The first kappa shape index (κ1) is 25.5. The van der Waals surface area contributed by atoms with Crippen LogP contribution in [0.4, 0.5) is 9.59 Å². The van der Waals surface area contributed by atoms with Crippen LogP contribution in [0, 0.1) is 0 Å². The fraction of sp³-hybridized carbons (Fsp3) is 0.824. The largest absolute Gasteiger partial charge is 0.443 e. The van der Waals surface area contributed by atoms with Gasteiger partial charge in [-0.05, 0) is 48.5 Å². The van der Waals surface area contributed by atoms with Crippen molar-refractivity contribution in [2.45, 2.75) is 71.0 Å². The number of ketones is 1. The van der Waals surface area contributed by atoms with E-state index in [1.165, 1.54) is 18.7 Å². The Labute approximate surface area is 165 Å². The number of aliphatic hydroxyl groups is 1. The third kappa shape index (κ3) is 11.7. The molecule has 0 rings (SSSR count). The van der Waals surface area contributed by atoms with Gasteiger partial charge in [-0.3, -0.25) is 4.79 Å². The van der Waals surface area contributed by atoms with E-state index in [0.717, 1.165) is 5.01 Å². The van der Waals surface area contributed by atoms with Gasteiger partial charge < -0.3 is 20.3 Å². The number of hydrogen-bond donors (Lipinski definition) is 3. The molecular formula is C17H33N3O6S. The topological polar surface area (TPSA) is 131 Å². The van der Waals surface area contributed by atoms with Crippen molar-refractivity contribution in [2.24, 2.45) is 5.73 Å². The van der Waals surface area contributed by atoms with Gasteiger partial charge in [-0.1, -0.05) is 0 Å². The highest BCUT2D eigenvalue weighted by Crippen LogP contribution is 2.17. The van der Waals surface area contributed by atoms with Crippen LogP contribution in [0.2, 0.25) is 0 Å². The molecule has 0 aromatic heterocycles. The van der Waals surface area contributed by atoms with Crippen LogP contribution >= 0.6 is 11.8 Å². The molecule has 2 atom stereocenters. The molecule has 10 heteroatoms. The van der Waals surface area contributed by atoms with Crippen molar-refractivity contribution < 1.29 is 29.0 Å². The highest BCUT2D eigenvalue weighted by Gasteiger charge is 2.31. The number of Topliss-reactive ketones (excluding diaryl/α,β-unsaturated/α-hetero) is 1. The first-order valence-corrected chi connectivity index (χ1v) is 9.73. The van der Waals surface area contributed by atoms with Crippen LogP contribution in [-0.4, -0.2) is 69.5 Å². The number of nitrogens with two attached hydrogens (primary N) is 1. The van der Waals surface area contributed by atoms with Gasteiger partial charge in [0.2, 0.25) is 0 Å². The third-order valence-electron chi connectivity index (χ3n) is 2.72. The average molecular weight is 408 g/mol. The fourth-order valence-corrected chi connectivity index (χ4v) is 2.75. The number of hydrogen-bond acceptors (Lipinski definition) is 8. The lowest BCUT2D eigenvalue weighted by Crippen LogP contribution is -2.53. The van der Waals surface area contributed by atoms with Crippen LogP contribution in [0.5, 0.6) is 0 Å². The number of thioether (sulfide) groups is 1. The monoisotopic (exact) mass is 407 g/mol. The second-order valence-corrected chi connectivity index (χ2v) is 9.22. The predicted octanol–water partition coefficient (Wildman–Crippen LogP) is 1.67. The number of carbonyl (C=O) groups excluding carboxylic acids is 3. The number of aliphatic hydroxyl groups excluding tert-OH is 1. The van der Waals surface area contributed by atoms with Gasteiger partial charge in [0.05, 0.1) is 11.4 Å². The maximum Gasteiger partial charge on any atom is 0.429 e. The van der Waals surface area contributed by atoms with Gasteiger partial charge in [0.15, 0.2) is 5.78 Å². The molecule has 0 aliphatic carbocycles. The minimum absolute atomic E-state index is 0.340. The zero-order chi connectivity index (χ0) is 21.4. The Kier molecular flexibility index (Phi) is 10.1. The quantitative estimate of drug-likeness (QED) is 0.543. The van der Waals surface area contributed by atoms with E-state index in [1.807, 2.05) is 0 Å². The molecule has 0 aromatic carbocycles. The van der Waals surface area contributed by atoms with Crippen LogP contribution in [0.25, 0.3) is 0 Å². The van der Waals surface area contributed by atoms with Crippen LogP contribution in [0.3, 0.4) is 0 Å². The van der Waals surface area contributed by atoms with E-state index in [4.69, 9.17) is 15.2 Å². The van der Waals surface area contributed by atoms with Crippen LogP contribution in [-0.2, 0) is 14.3 Å². The van der Waals surface area contributed by atoms with Crippen LogP contribution < -0.4 is 11.2 Å². The SMILES string of the molecule is CC(O)C(SCCN)C(=O)CN(NC(=O)OC(C)(C)C)C(=O)OC(C)(C)C. The Morgan fingerprint density at radius 1 is 1.11 bits per heavy atom. The number of rotatable bonds is 7. The first-order chi connectivity index (χ1) is 12.2. The van der Waals surface area contributed by atoms with Crippen molar-refractivity contribution in [1.82, 2.24) is 10.4 Å². The van der Waals surface area contributed by atoms with Crippen molar-refractivity contribution in [3.8, 4) is 0 Å². The number of amides is 2. The number of ether oxygens (including phenoxy) is 2. The van der Waals surface area contributed by atoms with Gasteiger partial charge in [0.25, 0.3) is 0 Å². The standard InChI is InChI=1S/C17H33N3O6S/c1-11(21)13(27-9-8-18)12(22)10-20(15(24)26-17(5,6)7)19-14(23)25-16(2,3)4/h11,13,21H,8-10,18H2,1-7H3,(H,19,23). The highest BCUT2D eigenvalue weighted by molar-refractivity contribution is 8.00. The fourth-order valence-electron chi connectivity index (χ4n) is 1.82. The molecular weight excluding hydrogens is 374 g/mol. The number of carbonyl (C=O) groups is 3. The van der Waals surface area contributed by atoms with Crippen LogP contribution in [0.1, 0.15) is 48.5 Å². The summed E-state index contributed by atoms with van der Waals surface area (Å²) in [6, 6.07) is 0. The maximum absolute atomic E-state index is 12.6. The Morgan fingerprint density at radius 3 is 2.04 bits per heavy atom. The Hall–Kier alpha value is -1.52. The van der Waals surface area contributed by atoms with E-state index >= 15 is 0 Å². The second kappa shape index (κ2) is 10.7. The molecule has 27 heavy (non-hydrogen) atoms. The van der Waals surface area contributed by atoms with E-state index in [1.54, 1.807) is 41.5 Å². The van der Waals surface area contributed by atoms with E-state index in [0.29, 0.717) is 12.3 Å². The Morgan fingerprint density at radius 2 is 1.63 bits per heavy atom. The maximum atomic E-state index is 12.6. The lowest BCUT2D eigenvalue weighted by molar-refractivity contribution is -0.121. The highest BCUT2D eigenvalue weighted by atomic mass is 32.2. The first-order valence-electron chi connectivity index (χ1n) is 8.69. The number of nitrogens with one attached hydrogen (secondary N) is 1. The van der Waals surface area contributed by atoms with Crippen molar-refractivity contribution in [3.63, 3.8) is 0 Å². The molecule has 0 aromatic rings. The van der Waals surface area contributed by atoms with Gasteiger partial charge in [-0.15, -0.1) is 11.8 Å². The Balaban J connectivity index is 5.29. The summed E-state index contributed by atoms with van der Waals surface area (Å²) in [4.78, 5) is 37.0. The zero-order valence-electron chi connectivity index (χ0n) is 17.2. The summed E-state index contributed by atoms with van der Waals surface area (Å²) in [5.74, 6) is 0.0122.